The maximum absolute atomic E-state index is 11.8. The summed E-state index contributed by atoms with van der Waals surface area (Å²) >= 11 is 0. The standard InChI is InChI=1S/C9H10N4O6S/c1-18-9(14)8-7-5(2-10-11-7)6-3-12(8)4-13(6)19-20(15,16)17/h2,11H,3-4H2,1H3,(H,15,16,17). The van der Waals surface area contributed by atoms with Gasteiger partial charge >= 0.3 is 16.4 Å². The Morgan fingerprint density at radius 1 is 1.55 bits per heavy atom. The zero-order chi connectivity index (χ0) is 14.5. The topological polar surface area (TPSA) is 125 Å². The predicted octanol–water partition coefficient (Wildman–Crippen LogP) is -2.88. The third-order valence-corrected chi connectivity index (χ3v) is 3.38. The van der Waals surface area contributed by atoms with Crippen molar-refractivity contribution >= 4 is 27.8 Å². The van der Waals surface area contributed by atoms with Crippen molar-refractivity contribution in [3.05, 3.63) is 16.8 Å². The average molecular weight is 302 g/mol. The molecule has 0 aromatic carbocycles. The molecular formula is C9H10N4O6S. The van der Waals surface area contributed by atoms with Gasteiger partial charge < -0.3 is 9.64 Å². The first-order valence-corrected chi connectivity index (χ1v) is 6.82. The van der Waals surface area contributed by atoms with Gasteiger partial charge in [-0.15, -0.1) is 4.28 Å². The van der Waals surface area contributed by atoms with E-state index in [1.165, 1.54) is 13.3 Å². The lowest BCUT2D eigenvalue weighted by Gasteiger charge is -2.18. The zero-order valence-corrected chi connectivity index (χ0v) is 11.0. The van der Waals surface area contributed by atoms with E-state index < -0.39 is 16.4 Å². The number of carbonyl (C=O) groups excluding carboxylic acids is 1. The molecule has 10 nitrogen and oxygen atoms in total. The summed E-state index contributed by atoms with van der Waals surface area (Å²) in [5, 5.41) is 8.41. The summed E-state index contributed by atoms with van der Waals surface area (Å²) in [4.78, 5) is 13.4. The Labute approximate surface area is 112 Å². The van der Waals surface area contributed by atoms with Crippen molar-refractivity contribution in [3.63, 3.8) is 0 Å². The number of aromatic nitrogens is 2. The van der Waals surface area contributed by atoms with E-state index in [1.54, 1.807) is 4.90 Å². The highest BCUT2D eigenvalue weighted by atomic mass is 32.3. The third-order valence-electron chi connectivity index (χ3n) is 3.01. The SMILES string of the molecule is COC(=O)C1=c2[nH]ncc2=C2CN1CN2OS(=O)(=O)O. The van der Waals surface area contributed by atoms with E-state index in [9.17, 15) is 13.2 Å². The molecule has 2 aliphatic heterocycles. The van der Waals surface area contributed by atoms with Gasteiger partial charge in [0.1, 0.15) is 6.67 Å². The Bertz CT molecular complexity index is 797. The van der Waals surface area contributed by atoms with E-state index >= 15 is 0 Å². The Morgan fingerprint density at radius 2 is 2.30 bits per heavy atom. The quantitative estimate of drug-likeness (QED) is 0.447. The first kappa shape index (κ1) is 12.9. The Morgan fingerprint density at radius 3 is 2.95 bits per heavy atom. The number of hydroxylamine groups is 2. The van der Waals surface area contributed by atoms with Crippen LogP contribution in [-0.4, -0.2) is 59.4 Å². The van der Waals surface area contributed by atoms with E-state index in [0.29, 0.717) is 16.3 Å². The van der Waals surface area contributed by atoms with Crippen molar-refractivity contribution in [1.29, 1.82) is 0 Å². The lowest BCUT2D eigenvalue weighted by atomic mass is 10.2. The van der Waals surface area contributed by atoms with Crippen LogP contribution in [0.4, 0.5) is 0 Å². The average Bonchev–Trinajstić information content (AvgIpc) is 2.94. The summed E-state index contributed by atoms with van der Waals surface area (Å²) in [5.74, 6) is -0.580. The minimum absolute atomic E-state index is 0.0396. The fraction of sp³-hybridized carbons (Fsp3) is 0.333. The molecule has 2 aliphatic rings. The Kier molecular flexibility index (Phi) is 2.70. The van der Waals surface area contributed by atoms with Gasteiger partial charge in [-0.05, 0) is 0 Å². The lowest BCUT2D eigenvalue weighted by Crippen LogP contribution is -2.41. The van der Waals surface area contributed by atoms with E-state index in [4.69, 9.17) is 9.29 Å². The number of ether oxygens (including phenoxy) is 1. The van der Waals surface area contributed by atoms with Crippen LogP contribution in [0.1, 0.15) is 0 Å². The highest BCUT2D eigenvalue weighted by Gasteiger charge is 2.37. The van der Waals surface area contributed by atoms with Crippen LogP contribution in [0.25, 0.3) is 11.4 Å². The van der Waals surface area contributed by atoms with Gasteiger partial charge in [0.15, 0.2) is 5.70 Å². The van der Waals surface area contributed by atoms with E-state index in [0.717, 1.165) is 5.06 Å². The van der Waals surface area contributed by atoms with Crippen molar-refractivity contribution in [2.45, 2.75) is 0 Å². The van der Waals surface area contributed by atoms with Gasteiger partial charge in [0.05, 0.1) is 30.9 Å². The smallest absolute Gasteiger partial charge is 0.418 e. The number of methoxy groups -OCH3 is 1. The molecule has 0 saturated carbocycles. The molecule has 1 aromatic rings. The number of H-pyrrole nitrogens is 1. The number of hydrogen-bond acceptors (Lipinski definition) is 8. The van der Waals surface area contributed by atoms with Gasteiger partial charge in [0, 0.05) is 5.22 Å². The Hall–Kier alpha value is -2.11. The van der Waals surface area contributed by atoms with E-state index in [-0.39, 0.29) is 18.9 Å². The molecule has 11 heteroatoms. The monoisotopic (exact) mass is 302 g/mol. The first-order valence-electron chi connectivity index (χ1n) is 5.45. The minimum atomic E-state index is -4.65. The fourth-order valence-corrected chi connectivity index (χ4v) is 2.64. The minimum Gasteiger partial charge on any atom is -0.464 e. The zero-order valence-electron chi connectivity index (χ0n) is 10.2. The number of rotatable bonds is 3. The second-order valence-electron chi connectivity index (χ2n) is 4.17. The first-order chi connectivity index (χ1) is 9.40. The van der Waals surface area contributed by atoms with Crippen molar-refractivity contribution < 1.29 is 26.8 Å². The van der Waals surface area contributed by atoms with Gasteiger partial charge in [0.25, 0.3) is 0 Å². The summed E-state index contributed by atoms with van der Waals surface area (Å²) < 4.78 is 39.6. The molecule has 2 bridgehead atoms. The summed E-state index contributed by atoms with van der Waals surface area (Å²) in [5.41, 5.74) is 0.698. The molecule has 0 aliphatic carbocycles. The van der Waals surface area contributed by atoms with Gasteiger partial charge in [-0.3, -0.25) is 9.65 Å². The molecule has 1 saturated heterocycles. The molecule has 1 aromatic heterocycles. The number of aromatic amines is 1. The molecule has 1 fully saturated rings. The van der Waals surface area contributed by atoms with Gasteiger partial charge in [-0.2, -0.15) is 13.5 Å². The van der Waals surface area contributed by atoms with Gasteiger partial charge in [-0.25, -0.2) is 9.86 Å². The molecule has 3 rings (SSSR count). The molecule has 2 N–H and O–H groups in total. The lowest BCUT2D eigenvalue weighted by molar-refractivity contribution is -0.135. The molecular weight excluding hydrogens is 292 g/mol. The highest BCUT2D eigenvalue weighted by Crippen LogP contribution is 2.24. The van der Waals surface area contributed by atoms with E-state index in [1.807, 2.05) is 0 Å². The molecule has 0 amide bonds. The van der Waals surface area contributed by atoms with Crippen LogP contribution in [0, 0.1) is 0 Å². The largest absolute Gasteiger partial charge is 0.464 e. The predicted molar refractivity (Wildman–Crippen MR) is 62.7 cm³/mol. The molecule has 0 unspecified atom stereocenters. The number of carbonyl (C=O) groups is 1. The molecule has 20 heavy (non-hydrogen) atoms. The molecule has 0 radical (unpaired) electrons. The summed E-state index contributed by atoms with van der Waals surface area (Å²) in [7, 11) is -3.41. The van der Waals surface area contributed by atoms with E-state index in [2.05, 4.69) is 14.5 Å². The van der Waals surface area contributed by atoms with Crippen LogP contribution in [-0.2, 0) is 24.2 Å². The number of esters is 1. The fourth-order valence-electron chi connectivity index (χ4n) is 2.27. The van der Waals surface area contributed by atoms with Crippen molar-refractivity contribution in [1.82, 2.24) is 20.2 Å². The summed E-state index contributed by atoms with van der Waals surface area (Å²) in [6.45, 7) is 0.203. The van der Waals surface area contributed by atoms with Crippen LogP contribution < -0.4 is 10.6 Å². The summed E-state index contributed by atoms with van der Waals surface area (Å²) in [6, 6.07) is 0. The summed E-state index contributed by atoms with van der Waals surface area (Å²) in [6.07, 6.45) is 1.44. The maximum atomic E-state index is 11.8. The number of fused-ring (bicyclic) bond motifs is 3. The third kappa shape index (κ3) is 1.92. The van der Waals surface area contributed by atoms with Crippen LogP contribution in [0.3, 0.4) is 0 Å². The second-order valence-corrected chi connectivity index (χ2v) is 5.17. The number of hydrogen-bond donors (Lipinski definition) is 2. The maximum Gasteiger partial charge on any atom is 0.418 e. The van der Waals surface area contributed by atoms with Crippen molar-refractivity contribution in [2.24, 2.45) is 0 Å². The number of nitrogens with zero attached hydrogens (tertiary/aromatic N) is 3. The van der Waals surface area contributed by atoms with Crippen LogP contribution in [0.5, 0.6) is 0 Å². The number of nitrogens with one attached hydrogen (secondary N) is 1. The molecule has 0 atom stereocenters. The van der Waals surface area contributed by atoms with Crippen LogP contribution in [0.15, 0.2) is 6.20 Å². The van der Waals surface area contributed by atoms with Crippen LogP contribution in [0.2, 0.25) is 0 Å². The normalized spacial score (nSPS) is 17.5. The molecule has 108 valence electrons. The van der Waals surface area contributed by atoms with Crippen LogP contribution >= 0.6 is 0 Å². The highest BCUT2D eigenvalue weighted by molar-refractivity contribution is 7.80. The van der Waals surface area contributed by atoms with Crippen molar-refractivity contribution in [2.75, 3.05) is 20.3 Å². The second kappa shape index (κ2) is 4.19. The molecule has 3 heterocycles. The molecule has 0 spiro atoms. The Balaban J connectivity index is 2.17. The van der Waals surface area contributed by atoms with Gasteiger partial charge in [0.2, 0.25) is 0 Å². The van der Waals surface area contributed by atoms with Crippen molar-refractivity contribution in [3.8, 4) is 0 Å². The van der Waals surface area contributed by atoms with Gasteiger partial charge in [-0.1, -0.05) is 0 Å².